The van der Waals surface area contributed by atoms with Crippen LogP contribution in [0.3, 0.4) is 0 Å². The van der Waals surface area contributed by atoms with Gasteiger partial charge in [-0.25, -0.2) is 4.98 Å². The molecule has 3 aromatic rings. The second kappa shape index (κ2) is 8.85. The molecule has 4 rings (SSSR count). The normalized spacial score (nSPS) is 14.2. The Morgan fingerprint density at radius 2 is 1.82 bits per heavy atom. The standard InChI is InChI=1S/C23H25N3O2/c27-23(11-6-18-4-2-1-3-5-18)28-17-20-9-7-19-8-10-21(16-22(19)25-20)26-14-12-24-13-15-26/h1-5,7-10,16,24H,6,11-15,17H2. The number of pyridine rings is 1. The van der Waals surface area contributed by atoms with Crippen molar-refractivity contribution < 1.29 is 9.53 Å². The molecule has 1 aliphatic rings. The van der Waals surface area contributed by atoms with Gasteiger partial charge in [-0.15, -0.1) is 0 Å². The van der Waals surface area contributed by atoms with Crippen molar-refractivity contribution in [3.05, 3.63) is 71.9 Å². The maximum Gasteiger partial charge on any atom is 0.306 e. The predicted molar refractivity (Wildman–Crippen MR) is 111 cm³/mol. The Morgan fingerprint density at radius 1 is 1.04 bits per heavy atom. The number of carbonyl (C=O) groups is 1. The van der Waals surface area contributed by atoms with Gasteiger partial charge in [0.1, 0.15) is 6.61 Å². The van der Waals surface area contributed by atoms with Gasteiger partial charge < -0.3 is 15.0 Å². The molecule has 1 saturated heterocycles. The van der Waals surface area contributed by atoms with E-state index in [-0.39, 0.29) is 12.6 Å². The fourth-order valence-corrected chi connectivity index (χ4v) is 3.47. The highest BCUT2D eigenvalue weighted by Crippen LogP contribution is 2.22. The molecule has 28 heavy (non-hydrogen) atoms. The van der Waals surface area contributed by atoms with Crippen LogP contribution in [0.1, 0.15) is 17.7 Å². The molecule has 144 valence electrons. The Hall–Kier alpha value is -2.92. The molecule has 1 fully saturated rings. The van der Waals surface area contributed by atoms with Crippen molar-refractivity contribution in [1.82, 2.24) is 10.3 Å². The summed E-state index contributed by atoms with van der Waals surface area (Å²) in [5, 5.41) is 4.47. The third-order valence-electron chi connectivity index (χ3n) is 5.06. The van der Waals surface area contributed by atoms with Gasteiger partial charge in [0, 0.05) is 43.7 Å². The van der Waals surface area contributed by atoms with Gasteiger partial charge in [0.25, 0.3) is 0 Å². The van der Waals surface area contributed by atoms with Gasteiger partial charge in [-0.1, -0.05) is 42.5 Å². The molecule has 1 aliphatic heterocycles. The number of aromatic nitrogens is 1. The first-order valence-corrected chi connectivity index (χ1v) is 9.83. The molecule has 1 N–H and O–H groups in total. The Kier molecular flexibility index (Phi) is 5.83. The zero-order valence-electron chi connectivity index (χ0n) is 15.9. The van der Waals surface area contributed by atoms with Gasteiger partial charge in [0.05, 0.1) is 11.2 Å². The molecule has 0 amide bonds. The quantitative estimate of drug-likeness (QED) is 0.670. The van der Waals surface area contributed by atoms with Gasteiger partial charge in [0.15, 0.2) is 0 Å². The van der Waals surface area contributed by atoms with Crippen LogP contribution in [-0.4, -0.2) is 37.1 Å². The monoisotopic (exact) mass is 375 g/mol. The molecule has 0 radical (unpaired) electrons. The highest BCUT2D eigenvalue weighted by atomic mass is 16.5. The largest absolute Gasteiger partial charge is 0.459 e. The Bertz CT molecular complexity index is 937. The SMILES string of the molecule is O=C(CCc1ccccc1)OCc1ccc2ccc(N3CCNCC3)cc2n1. The lowest BCUT2D eigenvalue weighted by molar-refractivity contribution is -0.145. The van der Waals surface area contributed by atoms with Gasteiger partial charge in [-0.2, -0.15) is 0 Å². The predicted octanol–water partition coefficient (Wildman–Crippen LogP) is 3.32. The topological polar surface area (TPSA) is 54.5 Å². The van der Waals surface area contributed by atoms with Crippen LogP contribution in [0.15, 0.2) is 60.7 Å². The molecular formula is C23H25N3O2. The first kappa shape index (κ1) is 18.4. The van der Waals surface area contributed by atoms with Crippen LogP contribution >= 0.6 is 0 Å². The average molecular weight is 375 g/mol. The number of esters is 1. The van der Waals surface area contributed by atoms with Crippen molar-refractivity contribution in [2.24, 2.45) is 0 Å². The summed E-state index contributed by atoms with van der Waals surface area (Å²) in [7, 11) is 0. The molecule has 0 saturated carbocycles. The lowest BCUT2D eigenvalue weighted by Gasteiger charge is -2.29. The minimum absolute atomic E-state index is 0.194. The molecule has 5 heteroatoms. The molecule has 2 aromatic carbocycles. The number of hydrogen-bond donors (Lipinski definition) is 1. The van der Waals surface area contributed by atoms with E-state index in [9.17, 15) is 4.79 Å². The third-order valence-corrected chi connectivity index (χ3v) is 5.06. The van der Waals surface area contributed by atoms with Crippen molar-refractivity contribution in [3.8, 4) is 0 Å². The number of aryl methyl sites for hydroxylation is 1. The zero-order chi connectivity index (χ0) is 19.2. The van der Waals surface area contributed by atoms with E-state index in [1.807, 2.05) is 42.5 Å². The molecule has 0 unspecified atom stereocenters. The van der Waals surface area contributed by atoms with Crippen molar-refractivity contribution in [1.29, 1.82) is 0 Å². The van der Waals surface area contributed by atoms with Crippen LogP contribution < -0.4 is 10.2 Å². The first-order valence-electron chi connectivity index (χ1n) is 9.83. The van der Waals surface area contributed by atoms with Crippen LogP contribution in [0.5, 0.6) is 0 Å². The second-order valence-corrected chi connectivity index (χ2v) is 7.06. The number of hydrogen-bond acceptors (Lipinski definition) is 5. The summed E-state index contributed by atoms with van der Waals surface area (Å²) in [5.74, 6) is -0.194. The smallest absolute Gasteiger partial charge is 0.306 e. The van der Waals surface area contributed by atoms with E-state index in [1.165, 1.54) is 5.69 Å². The maximum absolute atomic E-state index is 12.1. The summed E-state index contributed by atoms with van der Waals surface area (Å²) >= 11 is 0. The van der Waals surface area contributed by atoms with Crippen LogP contribution in [-0.2, 0) is 22.6 Å². The highest BCUT2D eigenvalue weighted by Gasteiger charge is 2.11. The lowest BCUT2D eigenvalue weighted by atomic mass is 10.1. The summed E-state index contributed by atoms with van der Waals surface area (Å²) in [6, 6.07) is 20.3. The molecule has 0 aliphatic carbocycles. The van der Waals surface area contributed by atoms with Crippen molar-refractivity contribution in [2.45, 2.75) is 19.4 Å². The minimum atomic E-state index is -0.194. The van der Waals surface area contributed by atoms with Gasteiger partial charge in [-0.3, -0.25) is 4.79 Å². The third kappa shape index (κ3) is 4.67. The van der Waals surface area contributed by atoms with Crippen LogP contribution in [0, 0.1) is 0 Å². The molecule has 1 aromatic heterocycles. The molecule has 0 spiro atoms. The van der Waals surface area contributed by atoms with E-state index >= 15 is 0 Å². The number of rotatable bonds is 6. The molecule has 2 heterocycles. The van der Waals surface area contributed by atoms with E-state index in [2.05, 4.69) is 28.4 Å². The van der Waals surface area contributed by atoms with E-state index in [4.69, 9.17) is 9.72 Å². The fourth-order valence-electron chi connectivity index (χ4n) is 3.47. The number of nitrogens with zero attached hydrogens (tertiary/aromatic N) is 2. The maximum atomic E-state index is 12.1. The number of ether oxygens (including phenoxy) is 1. The van der Waals surface area contributed by atoms with Crippen LogP contribution in [0.4, 0.5) is 5.69 Å². The second-order valence-electron chi connectivity index (χ2n) is 7.06. The fraction of sp³-hybridized carbons (Fsp3) is 0.304. The van der Waals surface area contributed by atoms with E-state index < -0.39 is 0 Å². The molecule has 0 atom stereocenters. The highest BCUT2D eigenvalue weighted by molar-refractivity contribution is 5.82. The van der Waals surface area contributed by atoms with Crippen LogP contribution in [0.2, 0.25) is 0 Å². The number of carbonyl (C=O) groups excluding carboxylic acids is 1. The lowest BCUT2D eigenvalue weighted by Crippen LogP contribution is -2.43. The van der Waals surface area contributed by atoms with Crippen LogP contribution in [0.25, 0.3) is 10.9 Å². The Labute approximate surface area is 165 Å². The molecular weight excluding hydrogens is 350 g/mol. The Balaban J connectivity index is 1.37. The van der Waals surface area contributed by atoms with E-state index in [0.29, 0.717) is 12.8 Å². The van der Waals surface area contributed by atoms with Crippen molar-refractivity contribution >= 4 is 22.6 Å². The van der Waals surface area contributed by atoms with Gasteiger partial charge in [-0.05, 0) is 30.2 Å². The van der Waals surface area contributed by atoms with E-state index in [0.717, 1.165) is 48.3 Å². The van der Waals surface area contributed by atoms with Gasteiger partial charge >= 0.3 is 5.97 Å². The Morgan fingerprint density at radius 3 is 2.64 bits per heavy atom. The summed E-state index contributed by atoms with van der Waals surface area (Å²) < 4.78 is 5.43. The number of anilines is 1. The summed E-state index contributed by atoms with van der Waals surface area (Å²) in [4.78, 5) is 19.1. The summed E-state index contributed by atoms with van der Waals surface area (Å²) in [6.07, 6.45) is 1.07. The van der Waals surface area contributed by atoms with Crippen molar-refractivity contribution in [3.63, 3.8) is 0 Å². The molecule has 0 bridgehead atoms. The average Bonchev–Trinajstić information content (AvgIpc) is 2.77. The number of nitrogens with one attached hydrogen (secondary N) is 1. The van der Waals surface area contributed by atoms with E-state index in [1.54, 1.807) is 0 Å². The van der Waals surface area contributed by atoms with Gasteiger partial charge in [0.2, 0.25) is 0 Å². The number of fused-ring (bicyclic) bond motifs is 1. The zero-order valence-corrected chi connectivity index (χ0v) is 15.9. The first-order chi connectivity index (χ1) is 13.8. The summed E-state index contributed by atoms with van der Waals surface area (Å²) in [6.45, 7) is 4.23. The number of benzene rings is 2. The molecule has 5 nitrogen and oxygen atoms in total. The van der Waals surface area contributed by atoms with Crippen molar-refractivity contribution in [2.75, 3.05) is 31.1 Å². The number of piperazine rings is 1. The summed E-state index contributed by atoms with van der Waals surface area (Å²) in [5.41, 5.74) is 4.05. The minimum Gasteiger partial charge on any atom is -0.459 e.